The molecular formula is C15H23N3O2S. The number of hydrogen-bond donors (Lipinski definition) is 1. The summed E-state index contributed by atoms with van der Waals surface area (Å²) in [6.45, 7) is 8.01. The summed E-state index contributed by atoms with van der Waals surface area (Å²) in [6.07, 6.45) is 1.08. The Bertz CT molecular complexity index is 511. The molecule has 0 bridgehead atoms. The van der Waals surface area contributed by atoms with Gasteiger partial charge in [0.15, 0.2) is 0 Å². The van der Waals surface area contributed by atoms with Crippen molar-refractivity contribution in [1.29, 1.82) is 0 Å². The highest BCUT2D eigenvalue weighted by molar-refractivity contribution is 7.14. The molecule has 5 nitrogen and oxygen atoms in total. The molecule has 2 saturated heterocycles. The molecule has 21 heavy (non-hydrogen) atoms. The molecule has 0 radical (unpaired) electrons. The van der Waals surface area contributed by atoms with Crippen molar-refractivity contribution in [3.63, 3.8) is 0 Å². The first kappa shape index (κ1) is 14.8. The van der Waals surface area contributed by atoms with E-state index >= 15 is 0 Å². The van der Waals surface area contributed by atoms with Crippen LogP contribution in [0.15, 0.2) is 6.07 Å². The molecule has 2 aliphatic heterocycles. The molecule has 1 amide bonds. The lowest BCUT2D eigenvalue weighted by molar-refractivity contribution is 0.0775. The first-order valence-electron chi connectivity index (χ1n) is 7.57. The molecule has 0 aromatic carbocycles. The highest BCUT2D eigenvalue weighted by atomic mass is 32.1. The maximum Gasteiger partial charge on any atom is 0.267 e. The van der Waals surface area contributed by atoms with Gasteiger partial charge in [-0.25, -0.2) is 0 Å². The second kappa shape index (κ2) is 6.34. The summed E-state index contributed by atoms with van der Waals surface area (Å²) in [4.78, 5) is 19.1. The van der Waals surface area contributed by atoms with Gasteiger partial charge in [-0.2, -0.15) is 0 Å². The molecule has 1 unspecified atom stereocenters. The van der Waals surface area contributed by atoms with Crippen molar-refractivity contribution >= 4 is 17.2 Å². The summed E-state index contributed by atoms with van der Waals surface area (Å²) in [7, 11) is 1.63. The van der Waals surface area contributed by atoms with E-state index in [0.717, 1.165) is 55.4 Å². The maximum absolute atomic E-state index is 12.7. The minimum absolute atomic E-state index is 0.127. The van der Waals surface area contributed by atoms with Gasteiger partial charge >= 0.3 is 0 Å². The number of likely N-dealkylation sites (tertiary alicyclic amines) is 1. The number of aryl methyl sites for hydroxylation is 1. The van der Waals surface area contributed by atoms with Crippen molar-refractivity contribution in [2.75, 3.05) is 46.4 Å². The average Bonchev–Trinajstić information content (AvgIpc) is 3.14. The molecule has 2 aliphatic rings. The number of hydrogen-bond acceptors (Lipinski definition) is 5. The molecule has 2 fully saturated rings. The van der Waals surface area contributed by atoms with Crippen LogP contribution in [-0.4, -0.2) is 68.1 Å². The number of methoxy groups -OCH3 is 1. The standard InChI is InChI=1S/C15H23N3O2S/c1-11-9-13(20-2)14(21-11)15(19)18-6-3-12(10-18)17-7-4-16-5-8-17/h9,12,16H,3-8,10H2,1-2H3. The molecule has 3 heterocycles. The van der Waals surface area contributed by atoms with Crippen LogP contribution in [0, 0.1) is 6.92 Å². The van der Waals surface area contributed by atoms with Crippen LogP contribution in [0.4, 0.5) is 0 Å². The number of carbonyl (C=O) groups excluding carboxylic acids is 1. The normalized spacial score (nSPS) is 23.5. The van der Waals surface area contributed by atoms with Gasteiger partial charge in [0.05, 0.1) is 7.11 Å². The Balaban J connectivity index is 1.66. The second-order valence-electron chi connectivity index (χ2n) is 5.73. The maximum atomic E-state index is 12.7. The van der Waals surface area contributed by atoms with Crippen LogP contribution >= 0.6 is 11.3 Å². The van der Waals surface area contributed by atoms with Crippen molar-refractivity contribution in [2.45, 2.75) is 19.4 Å². The summed E-state index contributed by atoms with van der Waals surface area (Å²) < 4.78 is 5.33. The van der Waals surface area contributed by atoms with E-state index in [9.17, 15) is 4.79 Å². The number of nitrogens with zero attached hydrogens (tertiary/aromatic N) is 2. The second-order valence-corrected chi connectivity index (χ2v) is 6.99. The lowest BCUT2D eigenvalue weighted by atomic mass is 10.2. The first-order valence-corrected chi connectivity index (χ1v) is 8.39. The van der Waals surface area contributed by atoms with Gasteiger partial charge in [-0.3, -0.25) is 9.69 Å². The van der Waals surface area contributed by atoms with Crippen molar-refractivity contribution in [3.8, 4) is 5.75 Å². The molecular weight excluding hydrogens is 286 g/mol. The quantitative estimate of drug-likeness (QED) is 0.911. The fourth-order valence-electron chi connectivity index (χ4n) is 3.21. The Labute approximate surface area is 129 Å². The van der Waals surface area contributed by atoms with Crippen LogP contribution < -0.4 is 10.1 Å². The van der Waals surface area contributed by atoms with E-state index in [1.165, 1.54) is 11.3 Å². The fourth-order valence-corrected chi connectivity index (χ4v) is 4.15. The summed E-state index contributed by atoms with van der Waals surface area (Å²) in [5.41, 5.74) is 0. The van der Waals surface area contributed by atoms with E-state index in [2.05, 4.69) is 10.2 Å². The van der Waals surface area contributed by atoms with E-state index in [1.807, 2.05) is 17.9 Å². The predicted octanol–water partition coefficient (Wildman–Crippen LogP) is 1.18. The summed E-state index contributed by atoms with van der Waals surface area (Å²) >= 11 is 1.53. The highest BCUT2D eigenvalue weighted by Crippen LogP contribution is 2.31. The van der Waals surface area contributed by atoms with Gasteiger partial charge in [-0.15, -0.1) is 11.3 Å². The van der Waals surface area contributed by atoms with Gasteiger partial charge < -0.3 is 15.0 Å². The molecule has 0 aliphatic carbocycles. The molecule has 116 valence electrons. The van der Waals surface area contributed by atoms with Crippen molar-refractivity contribution in [1.82, 2.24) is 15.1 Å². The molecule has 1 aromatic rings. The summed E-state index contributed by atoms with van der Waals surface area (Å²) in [5.74, 6) is 0.843. The zero-order chi connectivity index (χ0) is 14.8. The Hall–Kier alpha value is -1.11. The Morgan fingerprint density at radius 3 is 2.86 bits per heavy atom. The topological polar surface area (TPSA) is 44.8 Å². The van der Waals surface area contributed by atoms with Crippen molar-refractivity contribution < 1.29 is 9.53 Å². The molecule has 0 saturated carbocycles. The van der Waals surface area contributed by atoms with Crippen LogP contribution in [0.2, 0.25) is 0 Å². The number of nitrogens with one attached hydrogen (secondary N) is 1. The SMILES string of the molecule is COc1cc(C)sc1C(=O)N1CCC(N2CCNCC2)C1. The molecule has 1 atom stereocenters. The molecule has 3 rings (SSSR count). The number of ether oxygens (including phenoxy) is 1. The highest BCUT2D eigenvalue weighted by Gasteiger charge is 2.32. The summed E-state index contributed by atoms with van der Waals surface area (Å²) in [6, 6.07) is 2.46. The molecule has 6 heteroatoms. The Morgan fingerprint density at radius 2 is 2.14 bits per heavy atom. The van der Waals surface area contributed by atoms with Gasteiger partial charge in [0.25, 0.3) is 5.91 Å². The van der Waals surface area contributed by atoms with Gasteiger partial charge in [-0.1, -0.05) is 0 Å². The van der Waals surface area contributed by atoms with Crippen LogP contribution in [0.25, 0.3) is 0 Å². The number of carbonyl (C=O) groups is 1. The minimum Gasteiger partial charge on any atom is -0.495 e. The zero-order valence-electron chi connectivity index (χ0n) is 12.7. The largest absolute Gasteiger partial charge is 0.495 e. The van der Waals surface area contributed by atoms with Gasteiger partial charge in [-0.05, 0) is 19.4 Å². The number of piperazine rings is 1. The third kappa shape index (κ3) is 3.07. The van der Waals surface area contributed by atoms with E-state index in [-0.39, 0.29) is 5.91 Å². The van der Waals surface area contributed by atoms with Gasteiger partial charge in [0.1, 0.15) is 10.6 Å². The molecule has 0 spiro atoms. The lowest BCUT2D eigenvalue weighted by Crippen LogP contribution is -2.49. The summed E-state index contributed by atoms with van der Waals surface area (Å²) in [5, 5.41) is 3.38. The first-order chi connectivity index (χ1) is 10.2. The zero-order valence-corrected chi connectivity index (χ0v) is 13.5. The molecule has 1 N–H and O–H groups in total. The van der Waals surface area contributed by atoms with Crippen LogP contribution in [-0.2, 0) is 0 Å². The van der Waals surface area contributed by atoms with E-state index in [0.29, 0.717) is 11.8 Å². The molecule has 1 aromatic heterocycles. The minimum atomic E-state index is 0.127. The fraction of sp³-hybridized carbons (Fsp3) is 0.667. The van der Waals surface area contributed by atoms with Gasteiger partial charge in [0.2, 0.25) is 0 Å². The van der Waals surface area contributed by atoms with Crippen LogP contribution in [0.1, 0.15) is 21.0 Å². The third-order valence-electron chi connectivity index (χ3n) is 4.35. The Morgan fingerprint density at radius 1 is 1.38 bits per heavy atom. The van der Waals surface area contributed by atoms with E-state index in [1.54, 1.807) is 7.11 Å². The van der Waals surface area contributed by atoms with Crippen LogP contribution in [0.5, 0.6) is 5.75 Å². The van der Waals surface area contributed by atoms with E-state index in [4.69, 9.17) is 4.74 Å². The van der Waals surface area contributed by atoms with Crippen LogP contribution in [0.3, 0.4) is 0 Å². The lowest BCUT2D eigenvalue weighted by Gasteiger charge is -2.32. The predicted molar refractivity (Wildman–Crippen MR) is 84.4 cm³/mol. The van der Waals surface area contributed by atoms with E-state index < -0.39 is 0 Å². The average molecular weight is 309 g/mol. The number of thiophene rings is 1. The smallest absolute Gasteiger partial charge is 0.267 e. The van der Waals surface area contributed by atoms with Crippen molar-refractivity contribution in [2.24, 2.45) is 0 Å². The number of rotatable bonds is 3. The van der Waals surface area contributed by atoms with Crippen molar-refractivity contribution in [3.05, 3.63) is 15.8 Å². The third-order valence-corrected chi connectivity index (χ3v) is 5.37. The number of amides is 1. The monoisotopic (exact) mass is 309 g/mol. The van der Waals surface area contributed by atoms with Gasteiger partial charge in [0, 0.05) is 50.2 Å². The Kier molecular flexibility index (Phi) is 4.47.